The number of hydrogen-bond acceptors (Lipinski definition) is 4. The summed E-state index contributed by atoms with van der Waals surface area (Å²) in [7, 11) is 0. The standard InChI is InChI=1S/C12H12ClN3OS/c1-7(8-4-2-3-5-9(8)13)15-11(17)10-6-18-12(14)16-10/h2-7H,1H3,(H2,14,16)(H,15,17). The van der Waals surface area contributed by atoms with E-state index in [1.54, 1.807) is 11.4 Å². The molecule has 0 aliphatic heterocycles. The first-order chi connectivity index (χ1) is 8.58. The number of nitrogens with one attached hydrogen (secondary N) is 1. The van der Waals surface area contributed by atoms with Gasteiger partial charge in [0.2, 0.25) is 0 Å². The maximum atomic E-state index is 11.9. The van der Waals surface area contributed by atoms with E-state index >= 15 is 0 Å². The van der Waals surface area contributed by atoms with Crippen LogP contribution < -0.4 is 11.1 Å². The van der Waals surface area contributed by atoms with Gasteiger partial charge in [-0.05, 0) is 18.6 Å². The van der Waals surface area contributed by atoms with Gasteiger partial charge in [-0.2, -0.15) is 0 Å². The number of anilines is 1. The number of nitrogens with two attached hydrogens (primary N) is 1. The molecule has 2 aromatic rings. The van der Waals surface area contributed by atoms with Crippen LogP contribution in [0.1, 0.15) is 29.0 Å². The number of rotatable bonds is 3. The van der Waals surface area contributed by atoms with E-state index in [-0.39, 0.29) is 11.9 Å². The minimum Gasteiger partial charge on any atom is -0.375 e. The number of carbonyl (C=O) groups is 1. The summed E-state index contributed by atoms with van der Waals surface area (Å²) >= 11 is 7.31. The fourth-order valence-electron chi connectivity index (χ4n) is 1.57. The molecule has 0 saturated heterocycles. The van der Waals surface area contributed by atoms with Gasteiger partial charge in [-0.1, -0.05) is 29.8 Å². The summed E-state index contributed by atoms with van der Waals surface area (Å²) in [6, 6.07) is 7.21. The molecule has 0 fully saturated rings. The second kappa shape index (κ2) is 5.37. The first-order valence-electron chi connectivity index (χ1n) is 5.34. The van der Waals surface area contributed by atoms with Gasteiger partial charge in [-0.15, -0.1) is 11.3 Å². The lowest BCUT2D eigenvalue weighted by atomic mass is 10.1. The van der Waals surface area contributed by atoms with Crippen LogP contribution in [-0.2, 0) is 0 Å². The van der Waals surface area contributed by atoms with Crippen LogP contribution in [-0.4, -0.2) is 10.9 Å². The third-order valence-electron chi connectivity index (χ3n) is 2.47. The summed E-state index contributed by atoms with van der Waals surface area (Å²) in [6.45, 7) is 1.87. The molecule has 0 saturated carbocycles. The fourth-order valence-corrected chi connectivity index (χ4v) is 2.41. The van der Waals surface area contributed by atoms with Gasteiger partial charge in [0.1, 0.15) is 5.69 Å². The van der Waals surface area contributed by atoms with Crippen LogP contribution in [0.25, 0.3) is 0 Å². The van der Waals surface area contributed by atoms with Crippen molar-refractivity contribution >= 4 is 34.0 Å². The third kappa shape index (κ3) is 2.80. The summed E-state index contributed by atoms with van der Waals surface area (Å²) in [5, 5.41) is 5.47. The van der Waals surface area contributed by atoms with E-state index in [9.17, 15) is 4.79 Å². The molecule has 0 spiro atoms. The number of carbonyl (C=O) groups excluding carboxylic acids is 1. The van der Waals surface area contributed by atoms with E-state index in [0.29, 0.717) is 15.8 Å². The van der Waals surface area contributed by atoms with Gasteiger partial charge < -0.3 is 11.1 Å². The van der Waals surface area contributed by atoms with Crippen LogP contribution in [0.5, 0.6) is 0 Å². The summed E-state index contributed by atoms with van der Waals surface area (Å²) in [5.74, 6) is -0.254. The summed E-state index contributed by atoms with van der Waals surface area (Å²) in [4.78, 5) is 15.8. The van der Waals surface area contributed by atoms with Crippen molar-refractivity contribution < 1.29 is 4.79 Å². The maximum absolute atomic E-state index is 11.9. The average molecular weight is 282 g/mol. The topological polar surface area (TPSA) is 68.0 Å². The van der Waals surface area contributed by atoms with Gasteiger partial charge in [0, 0.05) is 10.4 Å². The van der Waals surface area contributed by atoms with Crippen molar-refractivity contribution in [2.24, 2.45) is 0 Å². The molecule has 1 aromatic heterocycles. The van der Waals surface area contributed by atoms with Crippen LogP contribution in [0.2, 0.25) is 5.02 Å². The van der Waals surface area contributed by atoms with Crippen LogP contribution in [0.3, 0.4) is 0 Å². The molecule has 2 rings (SSSR count). The molecular weight excluding hydrogens is 270 g/mol. The van der Waals surface area contributed by atoms with Gasteiger partial charge in [-0.3, -0.25) is 4.79 Å². The van der Waals surface area contributed by atoms with Crippen LogP contribution in [0.4, 0.5) is 5.13 Å². The zero-order valence-corrected chi connectivity index (χ0v) is 11.3. The number of amides is 1. The third-order valence-corrected chi connectivity index (χ3v) is 3.49. The molecule has 1 amide bonds. The van der Waals surface area contributed by atoms with Crippen molar-refractivity contribution in [3.63, 3.8) is 0 Å². The quantitative estimate of drug-likeness (QED) is 0.909. The van der Waals surface area contributed by atoms with Crippen molar-refractivity contribution in [2.45, 2.75) is 13.0 Å². The lowest BCUT2D eigenvalue weighted by molar-refractivity contribution is 0.0935. The highest BCUT2D eigenvalue weighted by atomic mass is 35.5. The molecule has 3 N–H and O–H groups in total. The lowest BCUT2D eigenvalue weighted by Gasteiger charge is -2.14. The number of hydrogen-bond donors (Lipinski definition) is 2. The van der Waals surface area contributed by atoms with E-state index in [1.807, 2.05) is 25.1 Å². The number of benzene rings is 1. The number of thiazole rings is 1. The normalized spacial score (nSPS) is 12.1. The summed E-state index contributed by atoms with van der Waals surface area (Å²) < 4.78 is 0. The van der Waals surface area contributed by atoms with E-state index < -0.39 is 0 Å². The Bertz CT molecular complexity index is 570. The molecule has 1 aromatic carbocycles. The molecule has 0 aliphatic carbocycles. The average Bonchev–Trinajstić information content (AvgIpc) is 2.76. The van der Waals surface area contributed by atoms with E-state index in [0.717, 1.165) is 5.56 Å². The van der Waals surface area contributed by atoms with Crippen molar-refractivity contribution in [3.8, 4) is 0 Å². The maximum Gasteiger partial charge on any atom is 0.271 e. The zero-order chi connectivity index (χ0) is 13.1. The number of nitrogen functional groups attached to an aromatic ring is 1. The Kier molecular flexibility index (Phi) is 3.84. The molecule has 0 bridgehead atoms. The minimum atomic E-state index is -0.254. The second-order valence-electron chi connectivity index (χ2n) is 3.79. The highest BCUT2D eigenvalue weighted by molar-refractivity contribution is 7.13. The molecule has 1 unspecified atom stereocenters. The Labute approximate surface area is 114 Å². The summed E-state index contributed by atoms with van der Waals surface area (Å²) in [5.41, 5.74) is 6.69. The molecule has 1 atom stereocenters. The van der Waals surface area contributed by atoms with Gasteiger partial charge in [0.25, 0.3) is 5.91 Å². The molecule has 18 heavy (non-hydrogen) atoms. The Hall–Kier alpha value is -1.59. The van der Waals surface area contributed by atoms with E-state index in [4.69, 9.17) is 17.3 Å². The van der Waals surface area contributed by atoms with Crippen LogP contribution in [0.15, 0.2) is 29.6 Å². The van der Waals surface area contributed by atoms with E-state index in [1.165, 1.54) is 11.3 Å². The molecular formula is C12H12ClN3OS. The highest BCUT2D eigenvalue weighted by Gasteiger charge is 2.15. The number of halogens is 1. The number of aromatic nitrogens is 1. The molecule has 4 nitrogen and oxygen atoms in total. The monoisotopic (exact) mass is 281 g/mol. The Morgan fingerprint density at radius 2 is 2.22 bits per heavy atom. The SMILES string of the molecule is CC(NC(=O)c1csc(N)n1)c1ccccc1Cl. The molecule has 94 valence electrons. The second-order valence-corrected chi connectivity index (χ2v) is 5.08. The van der Waals surface area contributed by atoms with Crippen molar-refractivity contribution in [3.05, 3.63) is 45.9 Å². The predicted molar refractivity (Wildman–Crippen MR) is 73.9 cm³/mol. The molecule has 6 heteroatoms. The van der Waals surface area contributed by atoms with Crippen LogP contribution >= 0.6 is 22.9 Å². The van der Waals surface area contributed by atoms with E-state index in [2.05, 4.69) is 10.3 Å². The minimum absolute atomic E-state index is 0.186. The summed E-state index contributed by atoms with van der Waals surface area (Å²) in [6.07, 6.45) is 0. The first-order valence-corrected chi connectivity index (χ1v) is 6.60. The van der Waals surface area contributed by atoms with Gasteiger partial charge in [0.05, 0.1) is 6.04 Å². The van der Waals surface area contributed by atoms with Crippen molar-refractivity contribution in [1.29, 1.82) is 0 Å². The predicted octanol–water partition coefficient (Wildman–Crippen LogP) is 2.87. The zero-order valence-electron chi connectivity index (χ0n) is 9.68. The molecule has 1 heterocycles. The Morgan fingerprint density at radius 1 is 1.50 bits per heavy atom. The van der Waals surface area contributed by atoms with Gasteiger partial charge >= 0.3 is 0 Å². The number of nitrogens with zero attached hydrogens (tertiary/aromatic N) is 1. The van der Waals surface area contributed by atoms with Gasteiger partial charge in [-0.25, -0.2) is 4.98 Å². The fraction of sp³-hybridized carbons (Fsp3) is 0.167. The Morgan fingerprint density at radius 3 is 2.83 bits per heavy atom. The largest absolute Gasteiger partial charge is 0.375 e. The van der Waals surface area contributed by atoms with Crippen molar-refractivity contribution in [1.82, 2.24) is 10.3 Å². The first kappa shape index (κ1) is 12.9. The smallest absolute Gasteiger partial charge is 0.271 e. The van der Waals surface area contributed by atoms with Gasteiger partial charge in [0.15, 0.2) is 5.13 Å². The highest BCUT2D eigenvalue weighted by Crippen LogP contribution is 2.22. The van der Waals surface area contributed by atoms with Crippen molar-refractivity contribution in [2.75, 3.05) is 5.73 Å². The lowest BCUT2D eigenvalue weighted by Crippen LogP contribution is -2.27. The molecule has 0 aliphatic rings. The van der Waals surface area contributed by atoms with Crippen LogP contribution in [0, 0.1) is 0 Å². The Balaban J connectivity index is 2.10. The molecule has 0 radical (unpaired) electrons.